The van der Waals surface area contributed by atoms with Crippen molar-refractivity contribution in [2.24, 2.45) is 0 Å². The van der Waals surface area contributed by atoms with Crippen molar-refractivity contribution in [2.75, 3.05) is 33.3 Å². The molecule has 0 aliphatic carbocycles. The molecule has 1 saturated heterocycles. The highest BCUT2D eigenvalue weighted by Crippen LogP contribution is 2.24. The minimum absolute atomic E-state index is 0.0481. The molecule has 0 bridgehead atoms. The molecule has 1 amide bonds. The number of amides is 1. The maximum absolute atomic E-state index is 12.6. The lowest BCUT2D eigenvalue weighted by atomic mass is 10.1. The summed E-state index contributed by atoms with van der Waals surface area (Å²) in [6, 6.07) is 19.3. The molecule has 0 spiro atoms. The lowest BCUT2D eigenvalue weighted by Gasteiger charge is -2.36. The Morgan fingerprint density at radius 3 is 2.53 bits per heavy atom. The Kier molecular flexibility index (Phi) is 5.82. The van der Waals surface area contributed by atoms with Gasteiger partial charge < -0.3 is 14.1 Å². The first-order chi connectivity index (χ1) is 14.7. The van der Waals surface area contributed by atoms with E-state index in [1.54, 1.807) is 24.2 Å². The zero-order valence-electron chi connectivity index (χ0n) is 16.8. The van der Waals surface area contributed by atoms with E-state index in [0.717, 1.165) is 22.3 Å². The van der Waals surface area contributed by atoms with Gasteiger partial charge in [-0.1, -0.05) is 30.3 Å². The van der Waals surface area contributed by atoms with Crippen LogP contribution in [0.3, 0.4) is 0 Å². The molecule has 1 aromatic heterocycles. The molecule has 3 aromatic rings. The smallest absolute Gasteiger partial charge is 0.246 e. The Balaban J connectivity index is 1.35. The molecule has 2 heterocycles. The Bertz CT molecular complexity index is 1050. The summed E-state index contributed by atoms with van der Waals surface area (Å²) in [6.07, 6.45) is 3.27. The van der Waals surface area contributed by atoms with Crippen molar-refractivity contribution in [3.05, 3.63) is 72.0 Å². The summed E-state index contributed by atoms with van der Waals surface area (Å²) >= 11 is 0. The fourth-order valence-electron chi connectivity index (χ4n) is 3.70. The first-order valence-electron chi connectivity index (χ1n) is 9.91. The second-order valence-corrected chi connectivity index (χ2v) is 7.19. The van der Waals surface area contributed by atoms with Crippen LogP contribution in [0.5, 0.6) is 5.75 Å². The summed E-state index contributed by atoms with van der Waals surface area (Å²) < 4.78 is 10.9. The van der Waals surface area contributed by atoms with Gasteiger partial charge >= 0.3 is 0 Å². The number of piperazine rings is 1. The third-order valence-corrected chi connectivity index (χ3v) is 5.38. The monoisotopic (exact) mass is 401 g/mol. The van der Waals surface area contributed by atoms with Crippen LogP contribution in [0.2, 0.25) is 0 Å². The van der Waals surface area contributed by atoms with E-state index in [4.69, 9.17) is 9.15 Å². The topological polar surface area (TPSA) is 69.7 Å². The van der Waals surface area contributed by atoms with Gasteiger partial charge in [-0.25, -0.2) is 0 Å². The highest BCUT2D eigenvalue weighted by molar-refractivity contribution is 5.92. The SMILES string of the molecule is COc1ccc(C(C#N)N2CCN(C(=O)C=Cc3cc4ccccc4o3)CC2)cc1. The number of carbonyl (C=O) groups is 1. The molecule has 4 rings (SSSR count). The molecule has 1 aliphatic heterocycles. The molecule has 6 nitrogen and oxygen atoms in total. The van der Waals surface area contributed by atoms with Crippen molar-refractivity contribution in [1.82, 2.24) is 9.80 Å². The standard InChI is InChI=1S/C24H23N3O3/c1-29-20-8-6-18(7-9-20)22(17-25)26-12-14-27(15-13-26)24(28)11-10-21-16-19-4-2-3-5-23(19)30-21/h2-11,16,22H,12-15H2,1H3. The zero-order chi connectivity index (χ0) is 20.9. The number of methoxy groups -OCH3 is 1. The fraction of sp³-hybridized carbons (Fsp3) is 0.250. The predicted molar refractivity (Wildman–Crippen MR) is 115 cm³/mol. The molecule has 1 atom stereocenters. The van der Waals surface area contributed by atoms with Gasteiger partial charge in [0, 0.05) is 37.6 Å². The van der Waals surface area contributed by atoms with E-state index in [2.05, 4.69) is 11.0 Å². The number of hydrogen-bond acceptors (Lipinski definition) is 5. The molecule has 6 heteroatoms. The van der Waals surface area contributed by atoms with Gasteiger partial charge in [-0.3, -0.25) is 9.69 Å². The van der Waals surface area contributed by atoms with E-state index in [-0.39, 0.29) is 11.9 Å². The quantitative estimate of drug-likeness (QED) is 0.607. The fourth-order valence-corrected chi connectivity index (χ4v) is 3.70. The van der Waals surface area contributed by atoms with Crippen molar-refractivity contribution >= 4 is 23.0 Å². The van der Waals surface area contributed by atoms with Crippen molar-refractivity contribution < 1.29 is 13.9 Å². The molecule has 152 valence electrons. The number of para-hydroxylation sites is 1. The third-order valence-electron chi connectivity index (χ3n) is 5.38. The van der Waals surface area contributed by atoms with Gasteiger partial charge in [-0.2, -0.15) is 5.26 Å². The average molecular weight is 401 g/mol. The number of furan rings is 1. The van der Waals surface area contributed by atoms with Crippen molar-refractivity contribution in [3.63, 3.8) is 0 Å². The normalized spacial score (nSPS) is 15.9. The van der Waals surface area contributed by atoms with E-state index < -0.39 is 0 Å². The second kappa shape index (κ2) is 8.85. The van der Waals surface area contributed by atoms with Crippen LogP contribution in [0.15, 0.2) is 65.1 Å². The maximum Gasteiger partial charge on any atom is 0.246 e. The Labute approximate surface area is 175 Å². The molecule has 1 fully saturated rings. The number of ether oxygens (including phenoxy) is 1. The van der Waals surface area contributed by atoms with E-state index in [0.29, 0.717) is 31.9 Å². The molecule has 2 aromatic carbocycles. The first kappa shape index (κ1) is 19.7. The van der Waals surface area contributed by atoms with Crippen molar-refractivity contribution in [1.29, 1.82) is 5.26 Å². The van der Waals surface area contributed by atoms with Gasteiger partial charge in [0.1, 0.15) is 23.1 Å². The van der Waals surface area contributed by atoms with Gasteiger partial charge in [0.25, 0.3) is 0 Å². The Hall–Kier alpha value is -3.56. The van der Waals surface area contributed by atoms with Gasteiger partial charge in [0.05, 0.1) is 13.2 Å². The molecule has 1 unspecified atom stereocenters. The van der Waals surface area contributed by atoms with E-state index in [1.165, 1.54) is 0 Å². The van der Waals surface area contributed by atoms with Crippen molar-refractivity contribution in [2.45, 2.75) is 6.04 Å². The van der Waals surface area contributed by atoms with Crippen LogP contribution >= 0.6 is 0 Å². The van der Waals surface area contributed by atoms with Gasteiger partial charge in [0.15, 0.2) is 0 Å². The van der Waals surface area contributed by atoms with Crippen LogP contribution in [-0.2, 0) is 4.79 Å². The molecule has 0 N–H and O–H groups in total. The lowest BCUT2D eigenvalue weighted by Crippen LogP contribution is -2.49. The van der Waals surface area contributed by atoms with Crippen LogP contribution in [0.25, 0.3) is 17.0 Å². The number of fused-ring (bicyclic) bond motifs is 1. The predicted octanol–water partition coefficient (Wildman–Crippen LogP) is 3.86. The number of nitriles is 1. The maximum atomic E-state index is 12.6. The minimum Gasteiger partial charge on any atom is -0.497 e. The van der Waals surface area contributed by atoms with Crippen LogP contribution in [0, 0.1) is 11.3 Å². The average Bonchev–Trinajstić information content (AvgIpc) is 3.22. The summed E-state index contributed by atoms with van der Waals surface area (Å²) in [5, 5.41) is 10.7. The second-order valence-electron chi connectivity index (χ2n) is 7.19. The van der Waals surface area contributed by atoms with Crippen LogP contribution in [0.1, 0.15) is 17.4 Å². The van der Waals surface area contributed by atoms with Gasteiger partial charge in [0.2, 0.25) is 5.91 Å². The number of carbonyl (C=O) groups excluding carboxylic acids is 1. The molecule has 30 heavy (non-hydrogen) atoms. The highest BCUT2D eigenvalue weighted by Gasteiger charge is 2.26. The van der Waals surface area contributed by atoms with Crippen molar-refractivity contribution in [3.8, 4) is 11.8 Å². The van der Waals surface area contributed by atoms with Crippen LogP contribution in [-0.4, -0.2) is 49.0 Å². The highest BCUT2D eigenvalue weighted by atomic mass is 16.5. The summed E-state index contributed by atoms with van der Waals surface area (Å²) in [5.41, 5.74) is 1.74. The van der Waals surface area contributed by atoms with E-state index in [1.807, 2.05) is 54.6 Å². The zero-order valence-corrected chi connectivity index (χ0v) is 16.8. The number of rotatable bonds is 5. The first-order valence-corrected chi connectivity index (χ1v) is 9.91. The van der Waals surface area contributed by atoms with Crippen LogP contribution in [0.4, 0.5) is 0 Å². The summed E-state index contributed by atoms with van der Waals surface area (Å²) in [7, 11) is 1.62. The molecular weight excluding hydrogens is 378 g/mol. The summed E-state index contributed by atoms with van der Waals surface area (Å²) in [4.78, 5) is 16.5. The summed E-state index contributed by atoms with van der Waals surface area (Å²) in [6.45, 7) is 2.46. The van der Waals surface area contributed by atoms with Crippen LogP contribution < -0.4 is 4.74 Å². The third kappa shape index (κ3) is 4.22. The lowest BCUT2D eigenvalue weighted by molar-refractivity contribution is -0.127. The molecular formula is C24H23N3O3. The number of nitrogens with zero attached hydrogens (tertiary/aromatic N) is 3. The molecule has 0 saturated carbocycles. The number of benzene rings is 2. The Morgan fingerprint density at radius 1 is 1.13 bits per heavy atom. The molecule has 1 aliphatic rings. The van der Waals surface area contributed by atoms with E-state index >= 15 is 0 Å². The summed E-state index contributed by atoms with van der Waals surface area (Å²) in [5.74, 6) is 1.38. The number of hydrogen-bond donors (Lipinski definition) is 0. The van der Waals surface area contributed by atoms with E-state index in [9.17, 15) is 10.1 Å². The molecule has 0 radical (unpaired) electrons. The Morgan fingerprint density at radius 2 is 1.87 bits per heavy atom. The minimum atomic E-state index is -0.334. The van der Waals surface area contributed by atoms with Gasteiger partial charge in [-0.05, 0) is 35.9 Å². The largest absolute Gasteiger partial charge is 0.497 e. The van der Waals surface area contributed by atoms with Gasteiger partial charge in [-0.15, -0.1) is 0 Å².